The van der Waals surface area contributed by atoms with Crippen molar-refractivity contribution < 1.29 is 27.8 Å². The van der Waals surface area contributed by atoms with Gasteiger partial charge in [0, 0.05) is 6.42 Å². The lowest BCUT2D eigenvalue weighted by molar-refractivity contribution is -0.140. The number of carboxylic acids is 1. The number of benzene rings is 1. The normalized spacial score (nSPS) is 11.3. The molecule has 0 spiro atoms. The van der Waals surface area contributed by atoms with Crippen LogP contribution >= 0.6 is 0 Å². The zero-order valence-corrected chi connectivity index (χ0v) is 9.75. The third-order valence-corrected chi connectivity index (χ3v) is 2.31. The van der Waals surface area contributed by atoms with Crippen LogP contribution in [0.4, 0.5) is 13.2 Å². The van der Waals surface area contributed by atoms with Crippen molar-refractivity contribution in [2.75, 3.05) is 6.61 Å². The zero-order chi connectivity index (χ0) is 13.8. The van der Waals surface area contributed by atoms with Gasteiger partial charge in [0.05, 0.1) is 12.2 Å². The molecular weight excluding hydrogens is 249 g/mol. The molecule has 0 aliphatic carbocycles. The SMILES string of the molecule is CCOc1ccc(CCC(=O)O)c(C(F)(F)F)c1. The first-order valence-electron chi connectivity index (χ1n) is 5.39. The number of halogens is 3. The van der Waals surface area contributed by atoms with E-state index in [9.17, 15) is 18.0 Å². The molecule has 6 heteroatoms. The van der Waals surface area contributed by atoms with Gasteiger partial charge in [0.15, 0.2) is 0 Å². The molecule has 0 unspecified atom stereocenters. The summed E-state index contributed by atoms with van der Waals surface area (Å²) >= 11 is 0. The lowest BCUT2D eigenvalue weighted by Gasteiger charge is -2.14. The molecule has 0 radical (unpaired) electrons. The van der Waals surface area contributed by atoms with Gasteiger partial charge in [-0.15, -0.1) is 0 Å². The number of aryl methyl sites for hydroxylation is 1. The molecule has 1 aromatic rings. The average molecular weight is 262 g/mol. The number of rotatable bonds is 5. The highest BCUT2D eigenvalue weighted by molar-refractivity contribution is 5.67. The first-order chi connectivity index (χ1) is 8.34. The number of alkyl halides is 3. The van der Waals surface area contributed by atoms with Gasteiger partial charge in [-0.2, -0.15) is 13.2 Å². The van der Waals surface area contributed by atoms with Crippen LogP contribution in [0.5, 0.6) is 5.75 Å². The topological polar surface area (TPSA) is 46.5 Å². The second-order valence-electron chi connectivity index (χ2n) is 3.64. The summed E-state index contributed by atoms with van der Waals surface area (Å²) in [6, 6.07) is 3.58. The molecule has 0 bridgehead atoms. The fraction of sp³-hybridized carbons (Fsp3) is 0.417. The van der Waals surface area contributed by atoms with Crippen molar-refractivity contribution in [2.45, 2.75) is 25.9 Å². The fourth-order valence-corrected chi connectivity index (χ4v) is 1.54. The molecule has 0 saturated carbocycles. The minimum Gasteiger partial charge on any atom is -0.494 e. The Morgan fingerprint density at radius 2 is 2.06 bits per heavy atom. The van der Waals surface area contributed by atoms with Crippen LogP contribution in [0, 0.1) is 0 Å². The Hall–Kier alpha value is -1.72. The monoisotopic (exact) mass is 262 g/mol. The van der Waals surface area contributed by atoms with E-state index in [0.717, 1.165) is 6.07 Å². The van der Waals surface area contributed by atoms with Crippen molar-refractivity contribution in [3.8, 4) is 5.75 Å². The minimum atomic E-state index is -4.51. The maximum Gasteiger partial charge on any atom is 0.416 e. The van der Waals surface area contributed by atoms with Crippen LogP contribution in [-0.4, -0.2) is 17.7 Å². The van der Waals surface area contributed by atoms with Crippen LogP contribution in [0.25, 0.3) is 0 Å². The summed E-state index contributed by atoms with van der Waals surface area (Å²) in [6.07, 6.45) is -5.01. The summed E-state index contributed by atoms with van der Waals surface area (Å²) in [5.74, 6) is -0.999. The lowest BCUT2D eigenvalue weighted by Crippen LogP contribution is -2.11. The van der Waals surface area contributed by atoms with E-state index >= 15 is 0 Å². The highest BCUT2D eigenvalue weighted by Crippen LogP contribution is 2.35. The molecule has 1 rings (SSSR count). The molecule has 0 fully saturated rings. The molecule has 3 nitrogen and oxygen atoms in total. The van der Waals surface area contributed by atoms with Crippen LogP contribution < -0.4 is 4.74 Å². The van der Waals surface area contributed by atoms with Crippen molar-refractivity contribution in [1.82, 2.24) is 0 Å². The largest absolute Gasteiger partial charge is 0.494 e. The standard InChI is InChI=1S/C12H13F3O3/c1-2-18-9-5-3-8(4-6-11(16)17)10(7-9)12(13,14)15/h3,5,7H,2,4,6H2,1H3,(H,16,17). The van der Waals surface area contributed by atoms with Crippen molar-refractivity contribution in [1.29, 1.82) is 0 Å². The number of ether oxygens (including phenoxy) is 1. The fourth-order valence-electron chi connectivity index (χ4n) is 1.54. The van der Waals surface area contributed by atoms with Gasteiger partial charge in [0.25, 0.3) is 0 Å². The van der Waals surface area contributed by atoms with E-state index in [-0.39, 0.29) is 30.8 Å². The van der Waals surface area contributed by atoms with Crippen molar-refractivity contribution >= 4 is 5.97 Å². The van der Waals surface area contributed by atoms with Crippen molar-refractivity contribution in [2.24, 2.45) is 0 Å². The molecule has 0 aliphatic rings. The molecule has 0 aromatic heterocycles. The minimum absolute atomic E-state index is 0.0339. The third kappa shape index (κ3) is 3.94. The second-order valence-corrected chi connectivity index (χ2v) is 3.64. The Kier molecular flexibility index (Phi) is 4.58. The number of aliphatic carboxylic acids is 1. The highest BCUT2D eigenvalue weighted by atomic mass is 19.4. The van der Waals surface area contributed by atoms with E-state index in [2.05, 4.69) is 0 Å². The summed E-state index contributed by atoms with van der Waals surface area (Å²) in [6.45, 7) is 1.94. The number of carbonyl (C=O) groups is 1. The Balaban J connectivity index is 3.05. The molecule has 1 aromatic carbocycles. The maximum absolute atomic E-state index is 12.8. The van der Waals surface area contributed by atoms with Crippen LogP contribution in [0.15, 0.2) is 18.2 Å². The van der Waals surface area contributed by atoms with E-state index in [1.165, 1.54) is 12.1 Å². The second kappa shape index (κ2) is 5.75. The first-order valence-corrected chi connectivity index (χ1v) is 5.39. The summed E-state index contributed by atoms with van der Waals surface area (Å²) in [5.41, 5.74) is -0.872. The summed E-state index contributed by atoms with van der Waals surface area (Å²) in [7, 11) is 0. The third-order valence-electron chi connectivity index (χ3n) is 2.31. The number of hydrogen-bond acceptors (Lipinski definition) is 2. The van der Waals surface area contributed by atoms with Crippen LogP contribution in [0.3, 0.4) is 0 Å². The molecule has 0 amide bonds. The zero-order valence-electron chi connectivity index (χ0n) is 9.75. The van der Waals surface area contributed by atoms with Crippen LogP contribution in [0.1, 0.15) is 24.5 Å². The van der Waals surface area contributed by atoms with E-state index in [1.807, 2.05) is 0 Å². The molecule has 0 aliphatic heterocycles. The van der Waals surface area contributed by atoms with E-state index in [1.54, 1.807) is 6.92 Å². The molecule has 0 heterocycles. The Bertz CT molecular complexity index is 427. The van der Waals surface area contributed by atoms with Gasteiger partial charge in [0.2, 0.25) is 0 Å². The first kappa shape index (κ1) is 14.3. The molecule has 0 atom stereocenters. The van der Waals surface area contributed by atoms with Crippen LogP contribution in [-0.2, 0) is 17.4 Å². The number of carboxylic acid groups (broad SMARTS) is 1. The van der Waals surface area contributed by atoms with Gasteiger partial charge in [-0.25, -0.2) is 0 Å². The smallest absolute Gasteiger partial charge is 0.416 e. The van der Waals surface area contributed by atoms with E-state index in [4.69, 9.17) is 9.84 Å². The van der Waals surface area contributed by atoms with Crippen LogP contribution in [0.2, 0.25) is 0 Å². The van der Waals surface area contributed by atoms with Crippen molar-refractivity contribution in [3.63, 3.8) is 0 Å². The van der Waals surface area contributed by atoms with Gasteiger partial charge in [-0.3, -0.25) is 4.79 Å². The molecule has 18 heavy (non-hydrogen) atoms. The quantitative estimate of drug-likeness (QED) is 0.886. The van der Waals surface area contributed by atoms with Gasteiger partial charge >= 0.3 is 12.1 Å². The van der Waals surface area contributed by atoms with Gasteiger partial charge in [-0.05, 0) is 31.0 Å². The molecule has 0 saturated heterocycles. The van der Waals surface area contributed by atoms with Gasteiger partial charge < -0.3 is 9.84 Å². The Morgan fingerprint density at radius 3 is 2.56 bits per heavy atom. The predicted molar refractivity (Wildman–Crippen MR) is 58.6 cm³/mol. The maximum atomic E-state index is 12.8. The van der Waals surface area contributed by atoms with Crippen molar-refractivity contribution in [3.05, 3.63) is 29.3 Å². The molecule has 100 valence electrons. The summed E-state index contributed by atoms with van der Waals surface area (Å²) in [4.78, 5) is 10.4. The summed E-state index contributed by atoms with van der Waals surface area (Å²) < 4.78 is 43.4. The van der Waals surface area contributed by atoms with Gasteiger partial charge in [-0.1, -0.05) is 6.07 Å². The molecular formula is C12H13F3O3. The van der Waals surface area contributed by atoms with E-state index in [0.29, 0.717) is 0 Å². The lowest BCUT2D eigenvalue weighted by atomic mass is 10.0. The Morgan fingerprint density at radius 1 is 1.39 bits per heavy atom. The predicted octanol–water partition coefficient (Wildman–Crippen LogP) is 3.12. The number of hydrogen-bond donors (Lipinski definition) is 1. The summed E-state index contributed by atoms with van der Waals surface area (Å²) in [5, 5.41) is 8.50. The average Bonchev–Trinajstić information content (AvgIpc) is 2.26. The Labute approximate surface area is 102 Å². The highest BCUT2D eigenvalue weighted by Gasteiger charge is 2.33. The van der Waals surface area contributed by atoms with E-state index < -0.39 is 17.7 Å². The van der Waals surface area contributed by atoms with Gasteiger partial charge in [0.1, 0.15) is 5.75 Å². The molecule has 1 N–H and O–H groups in total.